The number of aromatic amines is 1. The summed E-state index contributed by atoms with van der Waals surface area (Å²) in [7, 11) is 0. The first-order chi connectivity index (χ1) is 12.0. The van der Waals surface area contributed by atoms with Crippen molar-refractivity contribution in [1.82, 2.24) is 9.97 Å². The van der Waals surface area contributed by atoms with Gasteiger partial charge in [0.05, 0.1) is 23.2 Å². The van der Waals surface area contributed by atoms with Crippen LogP contribution in [0.25, 0.3) is 22.7 Å². The molecule has 5 heteroatoms. The third kappa shape index (κ3) is 3.52. The van der Waals surface area contributed by atoms with Crippen LogP contribution < -0.4 is 4.74 Å². The molecular weight excluding hydrogens is 334 g/mol. The molecule has 0 aliphatic heterocycles. The smallest absolute Gasteiger partial charge is 0.149 e. The first-order valence-corrected chi connectivity index (χ1v) is 8.41. The monoisotopic (exact) mass is 351 g/mol. The molecule has 0 saturated heterocycles. The maximum atomic E-state index is 9.61. The number of imidazole rings is 1. The number of hydrogen-bond acceptors (Lipinski definition) is 3. The molecule has 0 radical (unpaired) electrons. The van der Waals surface area contributed by atoms with Gasteiger partial charge in [-0.05, 0) is 68.3 Å². The molecule has 3 rings (SSSR count). The molecule has 0 unspecified atom stereocenters. The van der Waals surface area contributed by atoms with Crippen molar-refractivity contribution in [3.05, 3.63) is 57.9 Å². The number of allylic oxidation sites excluding steroid dienone is 1. The number of rotatable bonds is 4. The summed E-state index contributed by atoms with van der Waals surface area (Å²) in [5.41, 5.74) is 5.28. The van der Waals surface area contributed by atoms with Gasteiger partial charge in [-0.15, -0.1) is 0 Å². The van der Waals surface area contributed by atoms with Crippen molar-refractivity contribution >= 4 is 34.3 Å². The third-order valence-electron chi connectivity index (χ3n) is 4.04. The minimum absolute atomic E-state index is 0.426. The van der Waals surface area contributed by atoms with Gasteiger partial charge in [-0.1, -0.05) is 11.6 Å². The van der Waals surface area contributed by atoms with E-state index in [2.05, 4.69) is 23.0 Å². The number of fused-ring (bicyclic) bond motifs is 1. The average molecular weight is 352 g/mol. The third-order valence-corrected chi connectivity index (χ3v) is 4.28. The SMILES string of the molecule is CCOc1ccc(Cl)cc1/C=C(\C#N)c1nc2cc(C)c(C)cc2[nH]1. The number of aromatic nitrogens is 2. The molecule has 0 bridgehead atoms. The predicted molar refractivity (Wildman–Crippen MR) is 102 cm³/mol. The van der Waals surface area contributed by atoms with Crippen LogP contribution in [0.2, 0.25) is 5.02 Å². The van der Waals surface area contributed by atoms with Crippen LogP contribution >= 0.6 is 11.6 Å². The summed E-state index contributed by atoms with van der Waals surface area (Å²) >= 11 is 6.10. The Labute approximate surface area is 151 Å². The Hall–Kier alpha value is -2.77. The molecule has 0 saturated carbocycles. The Balaban J connectivity index is 2.10. The fourth-order valence-electron chi connectivity index (χ4n) is 2.63. The first-order valence-electron chi connectivity index (χ1n) is 8.03. The topological polar surface area (TPSA) is 61.7 Å². The molecule has 1 heterocycles. The van der Waals surface area contributed by atoms with E-state index in [1.807, 2.05) is 26.0 Å². The van der Waals surface area contributed by atoms with Gasteiger partial charge < -0.3 is 9.72 Å². The second-order valence-electron chi connectivity index (χ2n) is 5.82. The molecule has 0 aliphatic carbocycles. The Bertz CT molecular complexity index is 973. The molecule has 4 nitrogen and oxygen atoms in total. The Kier molecular flexibility index (Phi) is 4.78. The van der Waals surface area contributed by atoms with Gasteiger partial charge in [-0.3, -0.25) is 0 Å². The fourth-order valence-corrected chi connectivity index (χ4v) is 2.81. The minimum atomic E-state index is 0.426. The van der Waals surface area contributed by atoms with Crippen LogP contribution in [0.3, 0.4) is 0 Å². The normalized spacial score (nSPS) is 11.6. The maximum Gasteiger partial charge on any atom is 0.149 e. The van der Waals surface area contributed by atoms with Crippen molar-refractivity contribution in [3.8, 4) is 11.8 Å². The zero-order chi connectivity index (χ0) is 18.0. The molecule has 25 heavy (non-hydrogen) atoms. The number of hydrogen-bond donors (Lipinski definition) is 1. The lowest BCUT2D eigenvalue weighted by Gasteiger charge is -2.07. The van der Waals surface area contributed by atoms with E-state index in [9.17, 15) is 5.26 Å². The van der Waals surface area contributed by atoms with Crippen LogP contribution in [0, 0.1) is 25.2 Å². The molecular formula is C20H18ClN3O. The molecule has 2 aromatic carbocycles. The van der Waals surface area contributed by atoms with Crippen molar-refractivity contribution in [1.29, 1.82) is 5.26 Å². The summed E-state index contributed by atoms with van der Waals surface area (Å²) in [6, 6.07) is 11.6. The molecule has 0 fully saturated rings. The Morgan fingerprint density at radius 1 is 1.28 bits per heavy atom. The van der Waals surface area contributed by atoms with E-state index in [4.69, 9.17) is 16.3 Å². The summed E-state index contributed by atoms with van der Waals surface area (Å²) in [6.07, 6.45) is 1.74. The summed E-state index contributed by atoms with van der Waals surface area (Å²) in [5, 5.41) is 10.2. The van der Waals surface area contributed by atoms with Crippen molar-refractivity contribution in [2.45, 2.75) is 20.8 Å². The predicted octanol–water partition coefficient (Wildman–Crippen LogP) is 5.30. The number of nitriles is 1. The van der Waals surface area contributed by atoms with E-state index in [1.165, 1.54) is 11.1 Å². The van der Waals surface area contributed by atoms with Crippen molar-refractivity contribution < 1.29 is 4.74 Å². The van der Waals surface area contributed by atoms with E-state index >= 15 is 0 Å². The Morgan fingerprint density at radius 3 is 2.76 bits per heavy atom. The van der Waals surface area contributed by atoms with Gasteiger partial charge in [-0.25, -0.2) is 4.98 Å². The number of nitrogens with one attached hydrogen (secondary N) is 1. The quantitative estimate of drug-likeness (QED) is 0.649. The van der Waals surface area contributed by atoms with Gasteiger partial charge in [0, 0.05) is 10.6 Å². The highest BCUT2D eigenvalue weighted by atomic mass is 35.5. The van der Waals surface area contributed by atoms with Gasteiger partial charge in [-0.2, -0.15) is 5.26 Å². The molecule has 1 N–H and O–H groups in total. The first kappa shape index (κ1) is 17.1. The summed E-state index contributed by atoms with van der Waals surface area (Å²) in [6.45, 7) is 6.55. The molecule has 126 valence electrons. The van der Waals surface area contributed by atoms with E-state index < -0.39 is 0 Å². The summed E-state index contributed by atoms with van der Waals surface area (Å²) in [5.74, 6) is 1.22. The van der Waals surface area contributed by atoms with Crippen molar-refractivity contribution in [2.75, 3.05) is 6.61 Å². The molecule has 3 aromatic rings. The maximum absolute atomic E-state index is 9.61. The average Bonchev–Trinajstić information content (AvgIpc) is 2.98. The number of benzene rings is 2. The van der Waals surface area contributed by atoms with Crippen LogP contribution in [0.15, 0.2) is 30.3 Å². The second-order valence-corrected chi connectivity index (χ2v) is 6.26. The number of H-pyrrole nitrogens is 1. The van der Waals surface area contributed by atoms with Crippen LogP contribution in [0.4, 0.5) is 0 Å². The van der Waals surface area contributed by atoms with Crippen LogP contribution in [0.5, 0.6) is 5.75 Å². The van der Waals surface area contributed by atoms with Gasteiger partial charge in [0.1, 0.15) is 17.6 Å². The van der Waals surface area contributed by atoms with Crippen LogP contribution in [-0.4, -0.2) is 16.6 Å². The lowest BCUT2D eigenvalue weighted by molar-refractivity contribution is 0.339. The molecule has 0 spiro atoms. The molecule has 0 aliphatic rings. The zero-order valence-corrected chi connectivity index (χ0v) is 15.1. The standard InChI is InChI=1S/C20H18ClN3O/c1-4-25-19-6-5-16(21)10-14(19)9-15(11-22)20-23-17-7-12(2)13(3)8-18(17)24-20/h5-10H,4H2,1-3H3,(H,23,24)/b15-9+. The number of halogens is 1. The highest BCUT2D eigenvalue weighted by Crippen LogP contribution is 2.28. The molecule has 0 atom stereocenters. The fraction of sp³-hybridized carbons (Fsp3) is 0.200. The lowest BCUT2D eigenvalue weighted by Crippen LogP contribution is -1.94. The summed E-state index contributed by atoms with van der Waals surface area (Å²) < 4.78 is 5.62. The van der Waals surface area contributed by atoms with E-state index in [1.54, 1.807) is 24.3 Å². The van der Waals surface area contributed by atoms with Gasteiger partial charge in [0.2, 0.25) is 0 Å². The lowest BCUT2D eigenvalue weighted by atomic mass is 10.1. The highest BCUT2D eigenvalue weighted by Gasteiger charge is 2.11. The number of aryl methyl sites for hydroxylation is 2. The minimum Gasteiger partial charge on any atom is -0.493 e. The van der Waals surface area contributed by atoms with E-state index in [0.717, 1.165) is 16.6 Å². The van der Waals surface area contributed by atoms with Gasteiger partial charge in [0.25, 0.3) is 0 Å². The van der Waals surface area contributed by atoms with Crippen molar-refractivity contribution in [2.24, 2.45) is 0 Å². The number of ether oxygens (including phenoxy) is 1. The van der Waals surface area contributed by atoms with E-state index in [-0.39, 0.29) is 0 Å². The molecule has 1 aromatic heterocycles. The summed E-state index contributed by atoms with van der Waals surface area (Å²) in [4.78, 5) is 7.79. The van der Waals surface area contributed by atoms with Crippen LogP contribution in [-0.2, 0) is 0 Å². The van der Waals surface area contributed by atoms with Gasteiger partial charge in [0.15, 0.2) is 0 Å². The van der Waals surface area contributed by atoms with E-state index in [0.29, 0.717) is 28.8 Å². The Morgan fingerprint density at radius 2 is 2.04 bits per heavy atom. The van der Waals surface area contributed by atoms with Crippen LogP contribution in [0.1, 0.15) is 29.4 Å². The number of nitrogens with zero attached hydrogens (tertiary/aromatic N) is 2. The van der Waals surface area contributed by atoms with Gasteiger partial charge >= 0.3 is 0 Å². The largest absolute Gasteiger partial charge is 0.493 e. The second kappa shape index (κ2) is 7.00. The highest BCUT2D eigenvalue weighted by molar-refractivity contribution is 6.30. The zero-order valence-electron chi connectivity index (χ0n) is 14.4. The molecule has 0 amide bonds. The van der Waals surface area contributed by atoms with Crippen molar-refractivity contribution in [3.63, 3.8) is 0 Å².